The quantitative estimate of drug-likeness (QED) is 0.583. The van der Waals surface area contributed by atoms with E-state index in [2.05, 4.69) is 0 Å². The van der Waals surface area contributed by atoms with Crippen LogP contribution in [0.25, 0.3) is 0 Å². The van der Waals surface area contributed by atoms with Crippen LogP contribution in [0.4, 0.5) is 8.78 Å². The Morgan fingerprint density at radius 2 is 1.83 bits per heavy atom. The van der Waals surface area contributed by atoms with Gasteiger partial charge in [0.15, 0.2) is 18.1 Å². The molecule has 194 valence electrons. The molecule has 6 nitrogen and oxygen atoms in total. The van der Waals surface area contributed by atoms with E-state index in [9.17, 15) is 24.6 Å². The Morgan fingerprint density at radius 1 is 1.20 bits per heavy atom. The maximum absolute atomic E-state index is 17.1. The Hall–Kier alpha value is -1.93. The van der Waals surface area contributed by atoms with E-state index >= 15 is 8.78 Å². The van der Waals surface area contributed by atoms with E-state index in [1.165, 1.54) is 19.1 Å². The van der Waals surface area contributed by atoms with Crippen LogP contribution in [0.1, 0.15) is 60.8 Å². The van der Waals surface area contributed by atoms with Crippen LogP contribution >= 0.6 is 0 Å². The summed E-state index contributed by atoms with van der Waals surface area (Å²) in [6, 6.07) is 0. The fourth-order valence-corrected chi connectivity index (χ4v) is 7.59. The number of carbonyl (C=O) groups is 3. The van der Waals surface area contributed by atoms with Crippen LogP contribution in [0, 0.1) is 34.0 Å². The Balaban J connectivity index is 1.72. The summed E-state index contributed by atoms with van der Waals surface area (Å²) in [4.78, 5) is 37.5. The molecule has 0 amide bonds. The molecule has 0 radical (unpaired) electrons. The fourth-order valence-electron chi connectivity index (χ4n) is 7.59. The van der Waals surface area contributed by atoms with Crippen molar-refractivity contribution in [1.29, 1.82) is 0 Å². The molecule has 0 bridgehead atoms. The highest BCUT2D eigenvalue weighted by molar-refractivity contribution is 6.01. The van der Waals surface area contributed by atoms with Crippen molar-refractivity contribution in [2.24, 2.45) is 34.0 Å². The molecule has 4 aliphatic rings. The van der Waals surface area contributed by atoms with Crippen LogP contribution in [-0.2, 0) is 19.1 Å². The summed E-state index contributed by atoms with van der Waals surface area (Å²) >= 11 is 0. The van der Waals surface area contributed by atoms with Crippen molar-refractivity contribution in [2.75, 3.05) is 6.61 Å². The van der Waals surface area contributed by atoms with Crippen molar-refractivity contribution in [2.45, 2.75) is 84.4 Å². The third-order valence-electron chi connectivity index (χ3n) is 9.58. The number of esters is 1. The van der Waals surface area contributed by atoms with E-state index in [0.29, 0.717) is 0 Å². The number of carbonyl (C=O) groups excluding carboxylic acids is 3. The first kappa shape index (κ1) is 26.1. The zero-order valence-electron chi connectivity index (χ0n) is 21.2. The minimum atomic E-state index is -2.28. The van der Waals surface area contributed by atoms with Crippen LogP contribution in [-0.4, -0.2) is 57.9 Å². The van der Waals surface area contributed by atoms with Gasteiger partial charge < -0.3 is 14.9 Å². The number of ether oxygens (including phenoxy) is 1. The first-order valence-electron chi connectivity index (χ1n) is 12.3. The Labute approximate surface area is 204 Å². The Bertz CT molecular complexity index is 1030. The third kappa shape index (κ3) is 3.28. The van der Waals surface area contributed by atoms with E-state index in [0.717, 1.165) is 6.08 Å². The molecule has 5 unspecified atom stereocenters. The lowest BCUT2D eigenvalue weighted by Gasteiger charge is -2.63. The van der Waals surface area contributed by atoms with Crippen molar-refractivity contribution in [3.63, 3.8) is 0 Å². The zero-order chi connectivity index (χ0) is 26.4. The maximum Gasteiger partial charge on any atom is 0.311 e. The lowest BCUT2D eigenvalue weighted by Crippen LogP contribution is -2.70. The van der Waals surface area contributed by atoms with E-state index in [1.807, 2.05) is 0 Å². The molecule has 35 heavy (non-hydrogen) atoms. The molecule has 0 heterocycles. The molecular formula is C27H36F2O6. The molecule has 0 aliphatic heterocycles. The average Bonchev–Trinajstić information content (AvgIpc) is 2.96. The van der Waals surface area contributed by atoms with Gasteiger partial charge in [0.25, 0.3) is 0 Å². The van der Waals surface area contributed by atoms with Gasteiger partial charge in [0.2, 0.25) is 5.78 Å². The molecule has 3 saturated carbocycles. The predicted molar refractivity (Wildman–Crippen MR) is 124 cm³/mol. The number of Topliss-reactive ketones (excluding diaryl/α,β-unsaturated/α-hetero) is 1. The number of halogens is 2. The van der Waals surface area contributed by atoms with Gasteiger partial charge in [0.05, 0.1) is 11.5 Å². The molecule has 4 aliphatic carbocycles. The van der Waals surface area contributed by atoms with E-state index in [4.69, 9.17) is 4.74 Å². The monoisotopic (exact) mass is 494 g/mol. The second kappa shape index (κ2) is 7.78. The molecule has 0 saturated heterocycles. The van der Waals surface area contributed by atoms with Crippen molar-refractivity contribution >= 4 is 17.5 Å². The summed E-state index contributed by atoms with van der Waals surface area (Å²) in [6.45, 7) is 9.15. The van der Waals surface area contributed by atoms with E-state index < -0.39 is 81.7 Å². The summed E-state index contributed by atoms with van der Waals surface area (Å²) in [7, 11) is 0. The number of ketones is 2. The van der Waals surface area contributed by atoms with Crippen molar-refractivity contribution in [1.82, 2.24) is 0 Å². The summed E-state index contributed by atoms with van der Waals surface area (Å²) < 4.78 is 37.8. The summed E-state index contributed by atoms with van der Waals surface area (Å²) in [5.74, 6) is -3.94. The van der Waals surface area contributed by atoms with Crippen molar-refractivity contribution in [3.05, 3.63) is 23.8 Å². The topological polar surface area (TPSA) is 101 Å². The van der Waals surface area contributed by atoms with Gasteiger partial charge in [-0.2, -0.15) is 0 Å². The Kier molecular flexibility index (Phi) is 5.81. The number of rotatable bonds is 3. The lowest BCUT2D eigenvalue weighted by molar-refractivity contribution is -0.224. The fraction of sp³-hybridized carbons (Fsp3) is 0.741. The second-order valence-electron chi connectivity index (χ2n) is 12.5. The molecule has 0 aromatic heterocycles. The largest absolute Gasteiger partial charge is 0.457 e. The van der Waals surface area contributed by atoms with Gasteiger partial charge in [-0.1, -0.05) is 19.9 Å². The van der Waals surface area contributed by atoms with Crippen molar-refractivity contribution < 1.29 is 38.1 Å². The summed E-state index contributed by atoms with van der Waals surface area (Å²) in [5.41, 5.74) is -7.87. The number of aliphatic hydroxyl groups excluding tert-OH is 1. The highest BCUT2D eigenvalue weighted by Crippen LogP contribution is 2.70. The van der Waals surface area contributed by atoms with Gasteiger partial charge in [0, 0.05) is 16.7 Å². The molecule has 8 heteroatoms. The summed E-state index contributed by atoms with van der Waals surface area (Å²) in [6.07, 6.45) is 0.249. The van der Waals surface area contributed by atoms with Gasteiger partial charge in [-0.05, 0) is 76.5 Å². The number of alkyl halides is 2. The van der Waals surface area contributed by atoms with Gasteiger partial charge in [-0.15, -0.1) is 0 Å². The average molecular weight is 495 g/mol. The zero-order valence-corrected chi connectivity index (χ0v) is 21.2. The molecule has 3 fully saturated rings. The number of hydrogen-bond donors (Lipinski definition) is 2. The second-order valence-corrected chi connectivity index (χ2v) is 12.5. The van der Waals surface area contributed by atoms with Gasteiger partial charge in [-0.3, -0.25) is 14.4 Å². The molecule has 9 atom stereocenters. The Morgan fingerprint density at radius 3 is 2.43 bits per heavy atom. The third-order valence-corrected chi connectivity index (χ3v) is 9.58. The predicted octanol–water partition coefficient (Wildman–Crippen LogP) is 3.44. The maximum atomic E-state index is 17.1. The minimum Gasteiger partial charge on any atom is -0.457 e. The van der Waals surface area contributed by atoms with Gasteiger partial charge in [0.1, 0.15) is 11.8 Å². The molecule has 4 rings (SSSR count). The minimum absolute atomic E-state index is 0.0258. The standard InChI is InChI=1S/C27H36F2O6/c1-14-9-16-17-11-19(28)18-10-15(30)7-8-24(18,5)26(17,29)20(31)12-25(16,6)27(14,34)21(32)13-35-22(33)23(2,3)4/h7-8,10,14,16-17,19-20,31,34H,9,11-13H2,1-6H3/t14?,16?,17?,19?,20?,24-,25+,26+,27-/m1/s1. The molecule has 0 aromatic carbocycles. The highest BCUT2D eigenvalue weighted by atomic mass is 19.1. The van der Waals surface area contributed by atoms with Crippen LogP contribution in [0.5, 0.6) is 0 Å². The molecule has 0 aromatic rings. The van der Waals surface area contributed by atoms with Crippen LogP contribution < -0.4 is 0 Å². The first-order chi connectivity index (χ1) is 15.9. The number of hydrogen-bond acceptors (Lipinski definition) is 6. The summed E-state index contributed by atoms with van der Waals surface area (Å²) in [5, 5.41) is 23.2. The smallest absolute Gasteiger partial charge is 0.311 e. The molecule has 2 N–H and O–H groups in total. The molecular weight excluding hydrogens is 458 g/mol. The number of aliphatic hydroxyl groups is 2. The van der Waals surface area contributed by atoms with E-state index in [-0.39, 0.29) is 24.8 Å². The normalized spacial score (nSPS) is 46.9. The lowest BCUT2D eigenvalue weighted by atomic mass is 9.44. The van der Waals surface area contributed by atoms with E-state index in [1.54, 1.807) is 34.6 Å². The van der Waals surface area contributed by atoms with Crippen LogP contribution in [0.2, 0.25) is 0 Å². The highest BCUT2D eigenvalue weighted by Gasteiger charge is 2.76. The number of allylic oxidation sites excluding steroid dienone is 4. The van der Waals surface area contributed by atoms with Gasteiger partial charge in [-0.25, -0.2) is 8.78 Å². The van der Waals surface area contributed by atoms with Crippen LogP contribution in [0.3, 0.4) is 0 Å². The number of fused-ring (bicyclic) bond motifs is 5. The van der Waals surface area contributed by atoms with Crippen molar-refractivity contribution in [3.8, 4) is 0 Å². The SMILES string of the molecule is CC1CC2C3CC(F)C4=CC(=O)C=C[C@@]4(C)[C@@]3(F)C(O)C[C@]2(C)[C@]1(O)C(=O)COC(=O)C(C)(C)C. The van der Waals surface area contributed by atoms with Crippen LogP contribution in [0.15, 0.2) is 23.8 Å². The van der Waals surface area contributed by atoms with Gasteiger partial charge >= 0.3 is 5.97 Å². The molecule has 0 spiro atoms. The first-order valence-corrected chi connectivity index (χ1v) is 12.3.